The second-order valence-electron chi connectivity index (χ2n) is 3.33. The fourth-order valence-corrected chi connectivity index (χ4v) is 1.11. The Morgan fingerprint density at radius 2 is 1.80 bits per heavy atom. The van der Waals surface area contributed by atoms with Gasteiger partial charge in [0, 0.05) is 17.7 Å². The molecule has 1 aromatic rings. The van der Waals surface area contributed by atoms with Crippen LogP contribution < -0.4 is 4.74 Å². The number of rotatable bonds is 2. The summed E-state index contributed by atoms with van der Waals surface area (Å²) in [6.07, 6.45) is 2.13. The second-order valence-corrected chi connectivity index (χ2v) is 3.33. The monoisotopic (exact) mass is 214 g/mol. The van der Waals surface area contributed by atoms with Gasteiger partial charge in [-0.1, -0.05) is 13.8 Å². The molecule has 84 valence electrons. The van der Waals surface area contributed by atoms with E-state index in [9.17, 15) is 8.78 Å². The number of hydrogen-bond donors (Lipinski definition) is 0. The molecule has 1 aliphatic carbocycles. The molecule has 1 aromatic carbocycles. The number of halogens is 2. The SMILES string of the molecule is CC.Cc1c(F)cc(F)cc1OC1CC1. The lowest BCUT2D eigenvalue weighted by Gasteiger charge is -2.08. The molecular formula is C12H16F2O. The third-order valence-corrected chi connectivity index (χ3v) is 2.08. The van der Waals surface area contributed by atoms with Crippen LogP contribution in [0.25, 0.3) is 0 Å². The smallest absolute Gasteiger partial charge is 0.132 e. The summed E-state index contributed by atoms with van der Waals surface area (Å²) >= 11 is 0. The van der Waals surface area contributed by atoms with Crippen LogP contribution in [-0.4, -0.2) is 6.10 Å². The average Bonchev–Trinajstić information content (AvgIpc) is 3.00. The van der Waals surface area contributed by atoms with Crippen molar-refractivity contribution >= 4 is 0 Å². The van der Waals surface area contributed by atoms with Crippen LogP contribution in [-0.2, 0) is 0 Å². The standard InChI is InChI=1S/C10H10F2O.C2H6/c1-6-9(12)4-7(11)5-10(6)13-8-2-3-8;1-2/h4-5,8H,2-3H2,1H3;1-2H3. The summed E-state index contributed by atoms with van der Waals surface area (Å²) < 4.78 is 31.1. The quantitative estimate of drug-likeness (QED) is 0.726. The van der Waals surface area contributed by atoms with Gasteiger partial charge in [0.25, 0.3) is 0 Å². The molecule has 0 saturated heterocycles. The van der Waals surface area contributed by atoms with Crippen molar-refractivity contribution in [3.05, 3.63) is 29.3 Å². The first kappa shape index (κ1) is 12.0. The minimum Gasteiger partial charge on any atom is -0.490 e. The summed E-state index contributed by atoms with van der Waals surface area (Å²) in [5, 5.41) is 0. The molecule has 0 aromatic heterocycles. The van der Waals surface area contributed by atoms with Gasteiger partial charge in [0.05, 0.1) is 6.10 Å². The first-order valence-electron chi connectivity index (χ1n) is 5.29. The van der Waals surface area contributed by atoms with Gasteiger partial charge in [-0.05, 0) is 19.8 Å². The molecule has 0 radical (unpaired) electrons. The molecule has 1 nitrogen and oxygen atoms in total. The van der Waals surface area contributed by atoms with E-state index in [1.807, 2.05) is 13.8 Å². The van der Waals surface area contributed by atoms with Gasteiger partial charge in [0.15, 0.2) is 0 Å². The molecule has 0 bridgehead atoms. The molecule has 0 N–H and O–H groups in total. The zero-order valence-corrected chi connectivity index (χ0v) is 9.31. The summed E-state index contributed by atoms with van der Waals surface area (Å²) in [7, 11) is 0. The van der Waals surface area contributed by atoms with Gasteiger partial charge in [-0.3, -0.25) is 0 Å². The third kappa shape index (κ3) is 3.18. The largest absolute Gasteiger partial charge is 0.490 e. The van der Waals surface area contributed by atoms with Crippen molar-refractivity contribution in [3.63, 3.8) is 0 Å². The van der Waals surface area contributed by atoms with E-state index in [-0.39, 0.29) is 6.10 Å². The Kier molecular flexibility index (Phi) is 4.06. The lowest BCUT2D eigenvalue weighted by molar-refractivity contribution is 0.297. The maximum absolute atomic E-state index is 13.0. The summed E-state index contributed by atoms with van der Waals surface area (Å²) in [6.45, 7) is 5.59. The van der Waals surface area contributed by atoms with Crippen molar-refractivity contribution in [2.75, 3.05) is 0 Å². The van der Waals surface area contributed by atoms with Gasteiger partial charge in [-0.25, -0.2) is 8.78 Å². The fourth-order valence-electron chi connectivity index (χ4n) is 1.11. The van der Waals surface area contributed by atoms with Gasteiger partial charge in [-0.15, -0.1) is 0 Å². The molecule has 15 heavy (non-hydrogen) atoms. The van der Waals surface area contributed by atoms with Crippen LogP contribution in [0.2, 0.25) is 0 Å². The first-order chi connectivity index (χ1) is 7.16. The van der Waals surface area contributed by atoms with E-state index < -0.39 is 11.6 Å². The topological polar surface area (TPSA) is 9.23 Å². The molecule has 0 spiro atoms. The van der Waals surface area contributed by atoms with Crippen LogP contribution in [0.3, 0.4) is 0 Å². The minimum absolute atomic E-state index is 0.167. The van der Waals surface area contributed by atoms with Crippen molar-refractivity contribution in [2.24, 2.45) is 0 Å². The van der Waals surface area contributed by atoms with Crippen LogP contribution in [0.1, 0.15) is 32.3 Å². The summed E-state index contributed by atoms with van der Waals surface area (Å²) in [6, 6.07) is 2.10. The van der Waals surface area contributed by atoms with Gasteiger partial charge >= 0.3 is 0 Å². The average molecular weight is 214 g/mol. The zero-order valence-electron chi connectivity index (χ0n) is 9.31. The number of ether oxygens (including phenoxy) is 1. The van der Waals surface area contributed by atoms with Gasteiger partial charge < -0.3 is 4.74 Å². The van der Waals surface area contributed by atoms with Crippen LogP contribution in [0, 0.1) is 18.6 Å². The Balaban J connectivity index is 0.000000531. The highest BCUT2D eigenvalue weighted by Gasteiger charge is 2.24. The molecule has 0 amide bonds. The molecule has 1 fully saturated rings. The lowest BCUT2D eigenvalue weighted by Crippen LogP contribution is -2.00. The highest BCUT2D eigenvalue weighted by molar-refractivity contribution is 5.34. The molecule has 0 heterocycles. The molecule has 0 atom stereocenters. The van der Waals surface area contributed by atoms with E-state index in [1.165, 1.54) is 6.07 Å². The molecule has 3 heteroatoms. The summed E-state index contributed by atoms with van der Waals surface area (Å²) in [5.41, 5.74) is 0.383. The zero-order chi connectivity index (χ0) is 11.4. The predicted octanol–water partition coefficient (Wildman–Crippen LogP) is 3.84. The summed E-state index contributed by atoms with van der Waals surface area (Å²) in [4.78, 5) is 0. The van der Waals surface area contributed by atoms with E-state index in [0.29, 0.717) is 11.3 Å². The third-order valence-electron chi connectivity index (χ3n) is 2.08. The number of hydrogen-bond acceptors (Lipinski definition) is 1. The Morgan fingerprint density at radius 1 is 1.20 bits per heavy atom. The minimum atomic E-state index is -0.584. The van der Waals surface area contributed by atoms with Crippen LogP contribution >= 0.6 is 0 Å². The van der Waals surface area contributed by atoms with Gasteiger partial charge in [0.1, 0.15) is 17.4 Å². The molecular weight excluding hydrogens is 198 g/mol. The van der Waals surface area contributed by atoms with Gasteiger partial charge in [0.2, 0.25) is 0 Å². The second kappa shape index (κ2) is 5.10. The highest BCUT2D eigenvalue weighted by atomic mass is 19.1. The molecule has 2 rings (SSSR count). The van der Waals surface area contributed by atoms with Crippen molar-refractivity contribution in [1.82, 2.24) is 0 Å². The van der Waals surface area contributed by atoms with Crippen molar-refractivity contribution in [2.45, 2.75) is 39.7 Å². The Hall–Kier alpha value is -1.12. The van der Waals surface area contributed by atoms with E-state index in [4.69, 9.17) is 4.74 Å². The maximum Gasteiger partial charge on any atom is 0.132 e. The van der Waals surface area contributed by atoms with E-state index >= 15 is 0 Å². The van der Waals surface area contributed by atoms with Crippen LogP contribution in [0.4, 0.5) is 8.78 Å². The van der Waals surface area contributed by atoms with Crippen molar-refractivity contribution in [3.8, 4) is 5.75 Å². The Morgan fingerprint density at radius 3 is 2.33 bits per heavy atom. The first-order valence-corrected chi connectivity index (χ1v) is 5.29. The van der Waals surface area contributed by atoms with E-state index in [1.54, 1.807) is 6.92 Å². The molecule has 0 unspecified atom stereocenters. The van der Waals surface area contributed by atoms with Crippen molar-refractivity contribution in [1.29, 1.82) is 0 Å². The van der Waals surface area contributed by atoms with Crippen LogP contribution in [0.5, 0.6) is 5.75 Å². The molecule has 1 aliphatic rings. The normalized spacial score (nSPS) is 14.2. The molecule has 1 saturated carbocycles. The Bertz CT molecular complexity index is 333. The van der Waals surface area contributed by atoms with Crippen LogP contribution in [0.15, 0.2) is 12.1 Å². The maximum atomic E-state index is 13.0. The molecule has 0 aliphatic heterocycles. The lowest BCUT2D eigenvalue weighted by atomic mass is 10.2. The fraction of sp³-hybridized carbons (Fsp3) is 0.500. The predicted molar refractivity (Wildman–Crippen MR) is 56.1 cm³/mol. The summed E-state index contributed by atoms with van der Waals surface area (Å²) in [5.74, 6) is -0.797. The van der Waals surface area contributed by atoms with Gasteiger partial charge in [-0.2, -0.15) is 0 Å². The highest BCUT2D eigenvalue weighted by Crippen LogP contribution is 2.30. The Labute approximate surface area is 89.1 Å². The number of benzene rings is 1. The van der Waals surface area contributed by atoms with Crippen molar-refractivity contribution < 1.29 is 13.5 Å². The van der Waals surface area contributed by atoms with E-state index in [0.717, 1.165) is 18.9 Å². The van der Waals surface area contributed by atoms with E-state index in [2.05, 4.69) is 0 Å².